The molecule has 5 nitrogen and oxygen atoms in total. The average molecular weight is 303 g/mol. The van der Waals surface area contributed by atoms with Gasteiger partial charge in [0.1, 0.15) is 5.75 Å². The van der Waals surface area contributed by atoms with E-state index in [0.717, 1.165) is 5.56 Å². The highest BCUT2D eigenvalue weighted by Gasteiger charge is 2.17. The van der Waals surface area contributed by atoms with Gasteiger partial charge in [0.2, 0.25) is 5.12 Å². The lowest BCUT2D eigenvalue weighted by molar-refractivity contribution is -0.384. The lowest BCUT2D eigenvalue weighted by Crippen LogP contribution is -1.99. The molecule has 21 heavy (non-hydrogen) atoms. The Labute approximate surface area is 127 Å². The largest absolute Gasteiger partial charge is 0.497 e. The van der Waals surface area contributed by atoms with Crippen molar-refractivity contribution in [1.82, 2.24) is 0 Å². The van der Waals surface area contributed by atoms with E-state index in [1.54, 1.807) is 38.3 Å². The second kappa shape index (κ2) is 5.97. The zero-order valence-electron chi connectivity index (χ0n) is 11.5. The SMILES string of the molecule is COc1ccc(-c2cc([N+](=O)[O-])cc(C(=O)S)c2C)cc1. The number of benzene rings is 2. The number of nitro groups is 1. The maximum absolute atomic E-state index is 11.5. The van der Waals surface area contributed by atoms with E-state index in [9.17, 15) is 14.9 Å². The zero-order chi connectivity index (χ0) is 15.6. The standard InChI is InChI=1S/C15H13NO4S/c1-9-13(10-3-5-12(20-2)6-4-10)7-11(16(18)19)8-14(9)15(17)21/h3-8H,1-2H3,(H,17,21). The molecule has 0 heterocycles. The Bertz CT molecular complexity index is 710. The number of hydrogen-bond donors (Lipinski definition) is 1. The van der Waals surface area contributed by atoms with E-state index in [2.05, 4.69) is 12.6 Å². The minimum atomic E-state index is -0.521. The quantitative estimate of drug-likeness (QED) is 0.532. The second-order valence-corrected chi connectivity index (χ2v) is 4.86. The molecule has 0 amide bonds. The summed E-state index contributed by atoms with van der Waals surface area (Å²) in [5, 5.41) is 10.5. The summed E-state index contributed by atoms with van der Waals surface area (Å²) < 4.78 is 5.08. The van der Waals surface area contributed by atoms with Crippen molar-refractivity contribution in [3.8, 4) is 16.9 Å². The van der Waals surface area contributed by atoms with Crippen molar-refractivity contribution < 1.29 is 14.5 Å². The first-order valence-corrected chi connectivity index (χ1v) is 6.55. The third-order valence-corrected chi connectivity index (χ3v) is 3.48. The Morgan fingerprint density at radius 1 is 1.24 bits per heavy atom. The summed E-state index contributed by atoms with van der Waals surface area (Å²) in [6.07, 6.45) is 0. The van der Waals surface area contributed by atoms with Crippen LogP contribution >= 0.6 is 12.6 Å². The highest BCUT2D eigenvalue weighted by molar-refractivity contribution is 7.97. The Hall–Kier alpha value is -2.34. The smallest absolute Gasteiger partial charge is 0.270 e. The van der Waals surface area contributed by atoms with Crippen LogP contribution in [0.15, 0.2) is 36.4 Å². The van der Waals surface area contributed by atoms with Gasteiger partial charge in [-0.1, -0.05) is 12.1 Å². The number of thiol groups is 1. The normalized spacial score (nSPS) is 10.2. The minimum Gasteiger partial charge on any atom is -0.497 e. The number of nitro benzene ring substituents is 1. The van der Waals surface area contributed by atoms with Crippen molar-refractivity contribution in [3.05, 3.63) is 57.6 Å². The zero-order valence-corrected chi connectivity index (χ0v) is 12.4. The molecule has 0 unspecified atom stereocenters. The van der Waals surface area contributed by atoms with Crippen molar-refractivity contribution in [2.45, 2.75) is 6.92 Å². The monoisotopic (exact) mass is 303 g/mol. The van der Waals surface area contributed by atoms with Crippen molar-refractivity contribution in [2.24, 2.45) is 0 Å². The van der Waals surface area contributed by atoms with Crippen molar-refractivity contribution in [3.63, 3.8) is 0 Å². The van der Waals surface area contributed by atoms with E-state index in [4.69, 9.17) is 4.74 Å². The Balaban J connectivity index is 2.65. The van der Waals surface area contributed by atoms with Crippen LogP contribution in [0.25, 0.3) is 11.1 Å². The van der Waals surface area contributed by atoms with Crippen LogP contribution in [0.3, 0.4) is 0 Å². The molecule has 2 rings (SSSR count). The first kappa shape index (κ1) is 15.1. The number of non-ortho nitro benzene ring substituents is 1. The highest BCUT2D eigenvalue weighted by atomic mass is 32.1. The fourth-order valence-electron chi connectivity index (χ4n) is 2.10. The molecule has 0 aliphatic carbocycles. The van der Waals surface area contributed by atoms with E-state index in [1.165, 1.54) is 12.1 Å². The topological polar surface area (TPSA) is 69.4 Å². The molecule has 6 heteroatoms. The minimum absolute atomic E-state index is 0.135. The third kappa shape index (κ3) is 3.05. The summed E-state index contributed by atoms with van der Waals surface area (Å²) in [6, 6.07) is 9.80. The summed E-state index contributed by atoms with van der Waals surface area (Å²) >= 11 is 3.78. The van der Waals surface area contributed by atoms with Gasteiger partial charge in [0.15, 0.2) is 0 Å². The molecule has 0 saturated heterocycles. The molecule has 0 fully saturated rings. The number of rotatable bonds is 4. The van der Waals surface area contributed by atoms with Gasteiger partial charge in [0.25, 0.3) is 5.69 Å². The van der Waals surface area contributed by atoms with E-state index in [-0.39, 0.29) is 11.3 Å². The lowest BCUT2D eigenvalue weighted by Gasteiger charge is -2.10. The highest BCUT2D eigenvalue weighted by Crippen LogP contribution is 2.32. The maximum atomic E-state index is 11.5. The lowest BCUT2D eigenvalue weighted by atomic mass is 9.96. The summed E-state index contributed by atoms with van der Waals surface area (Å²) in [5.74, 6) is 0.687. The predicted octanol–water partition coefficient (Wildman–Crippen LogP) is 3.65. The van der Waals surface area contributed by atoms with Gasteiger partial charge in [-0.25, -0.2) is 0 Å². The first-order valence-electron chi connectivity index (χ1n) is 6.10. The van der Waals surface area contributed by atoms with Crippen molar-refractivity contribution >= 4 is 23.4 Å². The van der Waals surface area contributed by atoms with Crippen LogP contribution < -0.4 is 4.74 Å². The van der Waals surface area contributed by atoms with Crippen LogP contribution in [0.4, 0.5) is 5.69 Å². The fraction of sp³-hybridized carbons (Fsp3) is 0.133. The molecule has 0 saturated carbocycles. The summed E-state index contributed by atoms with van der Waals surface area (Å²) in [4.78, 5) is 22.0. The van der Waals surface area contributed by atoms with Gasteiger partial charge >= 0.3 is 0 Å². The maximum Gasteiger partial charge on any atom is 0.270 e. The van der Waals surface area contributed by atoms with E-state index in [0.29, 0.717) is 16.9 Å². The van der Waals surface area contributed by atoms with E-state index in [1.807, 2.05) is 0 Å². The van der Waals surface area contributed by atoms with Crippen LogP contribution in [0, 0.1) is 17.0 Å². The van der Waals surface area contributed by atoms with Gasteiger partial charge in [-0.15, -0.1) is 12.6 Å². The van der Waals surface area contributed by atoms with Crippen LogP contribution in [-0.4, -0.2) is 17.1 Å². The molecule has 0 bridgehead atoms. The van der Waals surface area contributed by atoms with Crippen LogP contribution in [0.1, 0.15) is 15.9 Å². The Morgan fingerprint density at radius 2 is 1.86 bits per heavy atom. The molecular weight excluding hydrogens is 290 g/mol. The van der Waals surface area contributed by atoms with Gasteiger partial charge in [0, 0.05) is 17.7 Å². The fourth-order valence-corrected chi connectivity index (χ4v) is 2.33. The Morgan fingerprint density at radius 3 is 2.33 bits per heavy atom. The van der Waals surface area contributed by atoms with Gasteiger partial charge in [-0.3, -0.25) is 14.9 Å². The molecule has 0 atom stereocenters. The molecule has 108 valence electrons. The van der Waals surface area contributed by atoms with E-state index < -0.39 is 10.0 Å². The molecule has 2 aromatic carbocycles. The number of methoxy groups -OCH3 is 1. The summed E-state index contributed by atoms with van der Waals surface area (Å²) in [5.41, 5.74) is 2.16. The average Bonchev–Trinajstić information content (AvgIpc) is 2.47. The van der Waals surface area contributed by atoms with Crippen molar-refractivity contribution in [1.29, 1.82) is 0 Å². The van der Waals surface area contributed by atoms with Gasteiger partial charge in [0.05, 0.1) is 12.0 Å². The molecule has 2 aromatic rings. The summed E-state index contributed by atoms with van der Waals surface area (Å²) in [6.45, 7) is 1.74. The molecule has 0 aliphatic rings. The Kier molecular flexibility index (Phi) is 4.28. The van der Waals surface area contributed by atoms with Gasteiger partial charge in [-0.05, 0) is 35.7 Å². The number of carbonyl (C=O) groups excluding carboxylic acids is 1. The number of ether oxygens (including phenoxy) is 1. The molecular formula is C15H13NO4S. The van der Waals surface area contributed by atoms with Crippen LogP contribution in [-0.2, 0) is 0 Å². The predicted molar refractivity (Wildman–Crippen MR) is 83.1 cm³/mol. The third-order valence-electron chi connectivity index (χ3n) is 3.23. The second-order valence-electron chi connectivity index (χ2n) is 4.46. The number of nitrogens with zero attached hydrogens (tertiary/aromatic N) is 1. The van der Waals surface area contributed by atoms with E-state index >= 15 is 0 Å². The number of carbonyl (C=O) groups is 1. The molecule has 0 N–H and O–H groups in total. The van der Waals surface area contributed by atoms with Crippen LogP contribution in [0.2, 0.25) is 0 Å². The summed E-state index contributed by atoms with van der Waals surface area (Å²) in [7, 11) is 1.56. The molecule has 0 aliphatic heterocycles. The molecule has 0 aromatic heterocycles. The molecule has 0 spiro atoms. The molecule has 0 radical (unpaired) electrons. The first-order chi connectivity index (χ1) is 9.93. The van der Waals surface area contributed by atoms with Crippen molar-refractivity contribution in [2.75, 3.05) is 7.11 Å². The van der Waals surface area contributed by atoms with Gasteiger partial charge in [-0.2, -0.15) is 0 Å². The van der Waals surface area contributed by atoms with Crippen LogP contribution in [0.5, 0.6) is 5.75 Å². The number of hydrogen-bond acceptors (Lipinski definition) is 4. The van der Waals surface area contributed by atoms with Gasteiger partial charge < -0.3 is 4.74 Å².